The van der Waals surface area contributed by atoms with Crippen molar-refractivity contribution in [3.63, 3.8) is 0 Å². The lowest BCUT2D eigenvalue weighted by Crippen LogP contribution is -2.36. The Morgan fingerprint density at radius 2 is 1.83 bits per heavy atom. The highest BCUT2D eigenvalue weighted by atomic mass is 16.5. The summed E-state index contributed by atoms with van der Waals surface area (Å²) in [5.74, 6) is 0.415. The first-order valence-electron chi connectivity index (χ1n) is 6.61. The molecule has 0 amide bonds. The van der Waals surface area contributed by atoms with Gasteiger partial charge >= 0.3 is 0 Å². The number of benzene rings is 1. The van der Waals surface area contributed by atoms with E-state index in [1.807, 2.05) is 13.8 Å². The number of ether oxygens (including phenoxy) is 1. The number of anilines is 1. The van der Waals surface area contributed by atoms with Crippen LogP contribution in [0.25, 0.3) is 0 Å². The largest absolute Gasteiger partial charge is 0.378 e. The molecule has 2 rings (SSSR count). The average molecular weight is 247 g/mol. The fourth-order valence-corrected chi connectivity index (χ4v) is 2.05. The summed E-state index contributed by atoms with van der Waals surface area (Å²) in [4.78, 5) is 14.0. The zero-order valence-corrected chi connectivity index (χ0v) is 11.2. The molecule has 0 saturated carbocycles. The SMILES string of the molecule is CC(C)C(=O)Cc1ccc(N2CCOCC2)cc1. The summed E-state index contributed by atoms with van der Waals surface area (Å²) in [7, 11) is 0. The second-order valence-corrected chi connectivity index (χ2v) is 5.06. The molecule has 0 aliphatic carbocycles. The van der Waals surface area contributed by atoms with Gasteiger partial charge in [0.2, 0.25) is 0 Å². The molecule has 1 aromatic carbocycles. The summed E-state index contributed by atoms with van der Waals surface area (Å²) in [6.07, 6.45) is 0.543. The summed E-state index contributed by atoms with van der Waals surface area (Å²) in [5, 5.41) is 0. The molecule has 0 radical (unpaired) electrons. The number of rotatable bonds is 4. The normalized spacial score (nSPS) is 16.1. The third-order valence-electron chi connectivity index (χ3n) is 3.33. The fourth-order valence-electron chi connectivity index (χ4n) is 2.05. The predicted octanol–water partition coefficient (Wildman–Crippen LogP) is 2.29. The minimum absolute atomic E-state index is 0.115. The number of Topliss-reactive ketones (excluding diaryl/α,β-unsaturated/α-hetero) is 1. The van der Waals surface area contributed by atoms with Crippen molar-refractivity contribution < 1.29 is 9.53 Å². The molecule has 18 heavy (non-hydrogen) atoms. The smallest absolute Gasteiger partial charge is 0.139 e. The van der Waals surface area contributed by atoms with Crippen molar-refractivity contribution in [3.05, 3.63) is 29.8 Å². The van der Waals surface area contributed by atoms with Crippen molar-refractivity contribution in [2.24, 2.45) is 5.92 Å². The zero-order valence-electron chi connectivity index (χ0n) is 11.2. The van der Waals surface area contributed by atoms with Gasteiger partial charge in [0, 0.05) is 31.1 Å². The van der Waals surface area contributed by atoms with E-state index in [-0.39, 0.29) is 5.92 Å². The van der Waals surface area contributed by atoms with E-state index < -0.39 is 0 Å². The highest BCUT2D eigenvalue weighted by Gasteiger charge is 2.12. The van der Waals surface area contributed by atoms with Gasteiger partial charge in [0.15, 0.2) is 0 Å². The third kappa shape index (κ3) is 3.33. The first-order valence-corrected chi connectivity index (χ1v) is 6.61. The Labute approximate surface area is 109 Å². The monoisotopic (exact) mass is 247 g/mol. The molecule has 0 aromatic heterocycles. The van der Waals surface area contributed by atoms with Crippen LogP contribution in [-0.2, 0) is 16.0 Å². The van der Waals surface area contributed by atoms with Gasteiger partial charge < -0.3 is 9.64 Å². The van der Waals surface area contributed by atoms with Crippen molar-refractivity contribution in [2.45, 2.75) is 20.3 Å². The quantitative estimate of drug-likeness (QED) is 0.817. The van der Waals surface area contributed by atoms with Crippen LogP contribution < -0.4 is 4.90 Å². The van der Waals surface area contributed by atoms with Gasteiger partial charge in [-0.05, 0) is 17.7 Å². The number of carbonyl (C=O) groups excluding carboxylic acids is 1. The molecule has 0 atom stereocenters. The molecule has 0 spiro atoms. The van der Waals surface area contributed by atoms with Crippen molar-refractivity contribution in [1.29, 1.82) is 0 Å². The Morgan fingerprint density at radius 1 is 1.22 bits per heavy atom. The molecule has 3 nitrogen and oxygen atoms in total. The Morgan fingerprint density at radius 3 is 2.39 bits per heavy atom. The molecular formula is C15H21NO2. The number of ketones is 1. The number of morpholine rings is 1. The Bertz CT molecular complexity index is 391. The number of hydrogen-bond acceptors (Lipinski definition) is 3. The third-order valence-corrected chi connectivity index (χ3v) is 3.33. The lowest BCUT2D eigenvalue weighted by molar-refractivity contribution is -0.121. The predicted molar refractivity (Wildman–Crippen MR) is 73.0 cm³/mol. The minimum atomic E-state index is 0.115. The Hall–Kier alpha value is -1.35. The lowest BCUT2D eigenvalue weighted by Gasteiger charge is -2.28. The van der Waals surface area contributed by atoms with E-state index in [0.717, 1.165) is 31.9 Å². The summed E-state index contributed by atoms with van der Waals surface area (Å²) >= 11 is 0. The van der Waals surface area contributed by atoms with Crippen LogP contribution in [0.5, 0.6) is 0 Å². The van der Waals surface area contributed by atoms with Gasteiger partial charge in [-0.15, -0.1) is 0 Å². The highest BCUT2D eigenvalue weighted by Crippen LogP contribution is 2.17. The van der Waals surface area contributed by atoms with Gasteiger partial charge in [0.05, 0.1) is 13.2 Å². The van der Waals surface area contributed by atoms with Gasteiger partial charge in [0.1, 0.15) is 5.78 Å². The van der Waals surface area contributed by atoms with Crippen molar-refractivity contribution in [3.8, 4) is 0 Å². The molecule has 1 fully saturated rings. The van der Waals surface area contributed by atoms with Crippen LogP contribution >= 0.6 is 0 Å². The fraction of sp³-hybridized carbons (Fsp3) is 0.533. The molecular weight excluding hydrogens is 226 g/mol. The van der Waals surface area contributed by atoms with E-state index >= 15 is 0 Å². The first kappa shape index (κ1) is 13.1. The van der Waals surface area contributed by atoms with Crippen LogP contribution in [0.15, 0.2) is 24.3 Å². The summed E-state index contributed by atoms with van der Waals surface area (Å²) in [6, 6.07) is 8.33. The number of hydrogen-bond donors (Lipinski definition) is 0. The summed E-state index contributed by atoms with van der Waals surface area (Å²) in [6.45, 7) is 7.39. The van der Waals surface area contributed by atoms with Crippen LogP contribution in [-0.4, -0.2) is 32.1 Å². The highest BCUT2D eigenvalue weighted by molar-refractivity contribution is 5.82. The van der Waals surface area contributed by atoms with Gasteiger partial charge in [-0.25, -0.2) is 0 Å². The first-order chi connectivity index (χ1) is 8.66. The molecule has 0 N–H and O–H groups in total. The van der Waals surface area contributed by atoms with E-state index in [2.05, 4.69) is 29.2 Å². The molecule has 0 unspecified atom stereocenters. The van der Waals surface area contributed by atoms with Crippen molar-refractivity contribution in [1.82, 2.24) is 0 Å². The maximum atomic E-state index is 11.7. The van der Waals surface area contributed by atoms with E-state index in [1.165, 1.54) is 5.69 Å². The van der Waals surface area contributed by atoms with E-state index in [0.29, 0.717) is 12.2 Å². The van der Waals surface area contributed by atoms with Crippen LogP contribution in [0.3, 0.4) is 0 Å². The lowest BCUT2D eigenvalue weighted by atomic mass is 10.0. The number of nitrogens with zero attached hydrogens (tertiary/aromatic N) is 1. The topological polar surface area (TPSA) is 29.5 Å². The van der Waals surface area contributed by atoms with Gasteiger partial charge in [0.25, 0.3) is 0 Å². The summed E-state index contributed by atoms with van der Waals surface area (Å²) < 4.78 is 5.34. The maximum Gasteiger partial charge on any atom is 0.139 e. The average Bonchev–Trinajstić information content (AvgIpc) is 2.40. The van der Waals surface area contributed by atoms with Gasteiger partial charge in [-0.1, -0.05) is 26.0 Å². The van der Waals surface area contributed by atoms with Crippen LogP contribution in [0, 0.1) is 5.92 Å². The second kappa shape index (κ2) is 6.01. The molecule has 1 saturated heterocycles. The van der Waals surface area contributed by atoms with Crippen molar-refractivity contribution in [2.75, 3.05) is 31.2 Å². The molecule has 98 valence electrons. The van der Waals surface area contributed by atoms with E-state index in [1.54, 1.807) is 0 Å². The van der Waals surface area contributed by atoms with Crippen LogP contribution in [0.4, 0.5) is 5.69 Å². The van der Waals surface area contributed by atoms with Gasteiger partial charge in [-0.3, -0.25) is 4.79 Å². The molecule has 1 aliphatic heterocycles. The van der Waals surface area contributed by atoms with Crippen molar-refractivity contribution >= 4 is 11.5 Å². The Kier molecular flexibility index (Phi) is 4.37. The second-order valence-electron chi connectivity index (χ2n) is 5.06. The van der Waals surface area contributed by atoms with Gasteiger partial charge in [-0.2, -0.15) is 0 Å². The molecule has 1 heterocycles. The molecule has 0 bridgehead atoms. The minimum Gasteiger partial charge on any atom is -0.378 e. The molecule has 1 aliphatic rings. The number of carbonyl (C=O) groups is 1. The molecule has 1 aromatic rings. The maximum absolute atomic E-state index is 11.7. The molecule has 3 heteroatoms. The Balaban J connectivity index is 1.98. The van der Waals surface area contributed by atoms with E-state index in [9.17, 15) is 4.79 Å². The van der Waals surface area contributed by atoms with Crippen LogP contribution in [0.1, 0.15) is 19.4 Å². The van der Waals surface area contributed by atoms with E-state index in [4.69, 9.17) is 4.74 Å². The zero-order chi connectivity index (χ0) is 13.0. The summed E-state index contributed by atoms with van der Waals surface area (Å²) in [5.41, 5.74) is 2.32. The standard InChI is InChI=1S/C15H21NO2/c1-12(2)15(17)11-13-3-5-14(6-4-13)16-7-9-18-10-8-16/h3-6,12H,7-11H2,1-2H3. The van der Waals surface area contributed by atoms with Crippen LogP contribution in [0.2, 0.25) is 0 Å².